The number of anilines is 1. The van der Waals surface area contributed by atoms with Gasteiger partial charge in [-0.05, 0) is 35.0 Å². The maximum absolute atomic E-state index is 12.1. The molecule has 1 amide bonds. The quantitative estimate of drug-likeness (QED) is 0.741. The van der Waals surface area contributed by atoms with Crippen LogP contribution in [0.5, 0.6) is 0 Å². The minimum absolute atomic E-state index is 0.00535. The van der Waals surface area contributed by atoms with E-state index in [0.717, 1.165) is 21.1 Å². The van der Waals surface area contributed by atoms with E-state index in [4.69, 9.17) is 0 Å². The smallest absolute Gasteiger partial charge is 0.241 e. The molecule has 0 radical (unpaired) electrons. The van der Waals surface area contributed by atoms with E-state index in [1.54, 1.807) is 29.9 Å². The van der Waals surface area contributed by atoms with Crippen molar-refractivity contribution in [2.75, 3.05) is 17.7 Å². The highest BCUT2D eigenvalue weighted by molar-refractivity contribution is 9.11. The second kappa shape index (κ2) is 7.38. The molecule has 0 aliphatic heterocycles. The Bertz CT molecular complexity index is 370. The van der Waals surface area contributed by atoms with Crippen LogP contribution >= 0.6 is 39.0 Å². The summed E-state index contributed by atoms with van der Waals surface area (Å²) in [7, 11) is 1.78. The van der Waals surface area contributed by atoms with Gasteiger partial charge in [0.15, 0.2) is 5.13 Å². The average Bonchev–Trinajstić information content (AvgIpc) is 2.74. The highest BCUT2D eigenvalue weighted by Crippen LogP contribution is 2.27. The van der Waals surface area contributed by atoms with Crippen LogP contribution < -0.4 is 4.90 Å². The molecule has 1 unspecified atom stereocenters. The number of thioether (sulfide) groups is 1. The first-order chi connectivity index (χ1) is 8.06. The molecule has 0 spiro atoms. The fourth-order valence-corrected chi connectivity index (χ4v) is 3.50. The van der Waals surface area contributed by atoms with E-state index in [1.165, 1.54) is 17.8 Å². The molecule has 0 aliphatic rings. The van der Waals surface area contributed by atoms with Crippen LogP contribution in [0.1, 0.15) is 26.7 Å². The molecule has 0 bridgehead atoms. The first kappa shape index (κ1) is 15.0. The third kappa shape index (κ3) is 4.60. The van der Waals surface area contributed by atoms with Gasteiger partial charge in [0.25, 0.3) is 0 Å². The van der Waals surface area contributed by atoms with E-state index in [-0.39, 0.29) is 11.2 Å². The lowest BCUT2D eigenvalue weighted by atomic mass is 10.4. The molecule has 96 valence electrons. The van der Waals surface area contributed by atoms with Crippen LogP contribution in [-0.4, -0.2) is 28.9 Å². The number of amides is 1. The maximum Gasteiger partial charge on any atom is 0.241 e. The van der Waals surface area contributed by atoms with Crippen molar-refractivity contribution in [1.82, 2.24) is 4.98 Å². The molecule has 3 nitrogen and oxygen atoms in total. The van der Waals surface area contributed by atoms with Crippen molar-refractivity contribution in [2.45, 2.75) is 31.9 Å². The van der Waals surface area contributed by atoms with Crippen LogP contribution in [0.3, 0.4) is 0 Å². The SMILES string of the molecule is CCCCSC(C)C(=O)N(C)c1ncc(Br)s1. The number of carbonyl (C=O) groups is 1. The number of halogens is 1. The third-order valence-electron chi connectivity index (χ3n) is 2.30. The van der Waals surface area contributed by atoms with E-state index in [9.17, 15) is 4.79 Å². The van der Waals surface area contributed by atoms with Crippen molar-refractivity contribution in [3.63, 3.8) is 0 Å². The molecule has 6 heteroatoms. The highest BCUT2D eigenvalue weighted by atomic mass is 79.9. The summed E-state index contributed by atoms with van der Waals surface area (Å²) in [5.74, 6) is 1.16. The van der Waals surface area contributed by atoms with Crippen LogP contribution in [-0.2, 0) is 4.79 Å². The van der Waals surface area contributed by atoms with Gasteiger partial charge >= 0.3 is 0 Å². The Balaban J connectivity index is 2.51. The van der Waals surface area contributed by atoms with Crippen LogP contribution in [0.25, 0.3) is 0 Å². The number of unbranched alkanes of at least 4 members (excludes halogenated alkanes) is 1. The summed E-state index contributed by atoms with van der Waals surface area (Å²) in [6.07, 6.45) is 4.05. The number of nitrogens with zero attached hydrogens (tertiary/aromatic N) is 2. The number of hydrogen-bond donors (Lipinski definition) is 0. The van der Waals surface area contributed by atoms with Gasteiger partial charge in [0, 0.05) is 7.05 Å². The van der Waals surface area contributed by atoms with E-state index in [1.807, 2.05) is 6.92 Å². The van der Waals surface area contributed by atoms with Crippen LogP contribution in [0.15, 0.2) is 9.98 Å². The molecule has 1 atom stereocenters. The summed E-state index contributed by atoms with van der Waals surface area (Å²) in [5, 5.41) is 0.735. The van der Waals surface area contributed by atoms with Crippen molar-refractivity contribution in [1.29, 1.82) is 0 Å². The zero-order valence-electron chi connectivity index (χ0n) is 10.3. The van der Waals surface area contributed by atoms with Crippen molar-refractivity contribution >= 4 is 50.1 Å². The van der Waals surface area contributed by atoms with Gasteiger partial charge in [0.05, 0.1) is 15.2 Å². The van der Waals surface area contributed by atoms with E-state index in [2.05, 4.69) is 27.8 Å². The van der Waals surface area contributed by atoms with Crippen molar-refractivity contribution in [2.24, 2.45) is 0 Å². The van der Waals surface area contributed by atoms with Gasteiger partial charge in [-0.2, -0.15) is 0 Å². The summed E-state index contributed by atoms with van der Waals surface area (Å²) < 4.78 is 0.943. The second-order valence-corrected chi connectivity index (χ2v) is 7.55. The largest absolute Gasteiger partial charge is 0.290 e. The van der Waals surface area contributed by atoms with E-state index in [0.29, 0.717) is 0 Å². The van der Waals surface area contributed by atoms with Gasteiger partial charge in [-0.3, -0.25) is 9.69 Å². The van der Waals surface area contributed by atoms with Gasteiger partial charge in [-0.25, -0.2) is 4.98 Å². The predicted octanol–water partition coefficient (Wildman–Crippen LogP) is 3.79. The lowest BCUT2D eigenvalue weighted by Crippen LogP contribution is -2.33. The van der Waals surface area contributed by atoms with Crippen molar-refractivity contribution < 1.29 is 4.79 Å². The Morgan fingerprint density at radius 3 is 2.94 bits per heavy atom. The number of rotatable bonds is 6. The average molecular weight is 337 g/mol. The molecule has 17 heavy (non-hydrogen) atoms. The van der Waals surface area contributed by atoms with Gasteiger partial charge in [-0.15, -0.1) is 11.8 Å². The number of thiazole rings is 1. The van der Waals surface area contributed by atoms with Crippen molar-refractivity contribution in [3.05, 3.63) is 9.98 Å². The molecule has 0 saturated carbocycles. The molecule has 1 heterocycles. The van der Waals surface area contributed by atoms with E-state index < -0.39 is 0 Å². The van der Waals surface area contributed by atoms with Crippen LogP contribution in [0, 0.1) is 0 Å². The second-order valence-electron chi connectivity index (χ2n) is 3.71. The molecule has 1 aromatic rings. The Morgan fingerprint density at radius 2 is 2.41 bits per heavy atom. The minimum Gasteiger partial charge on any atom is -0.290 e. The van der Waals surface area contributed by atoms with Gasteiger partial charge < -0.3 is 0 Å². The monoisotopic (exact) mass is 336 g/mol. The Labute approximate surface area is 119 Å². The molecule has 1 aromatic heterocycles. The molecule has 0 aliphatic carbocycles. The summed E-state index contributed by atoms with van der Waals surface area (Å²) in [5.41, 5.74) is 0. The van der Waals surface area contributed by atoms with Crippen molar-refractivity contribution in [3.8, 4) is 0 Å². The predicted molar refractivity (Wildman–Crippen MR) is 80.1 cm³/mol. The Kier molecular flexibility index (Phi) is 6.51. The fourth-order valence-electron chi connectivity index (χ4n) is 1.24. The van der Waals surface area contributed by atoms with Gasteiger partial charge in [-0.1, -0.05) is 24.7 Å². The minimum atomic E-state index is -0.00535. The van der Waals surface area contributed by atoms with Gasteiger partial charge in [0.1, 0.15) is 0 Å². The summed E-state index contributed by atoms with van der Waals surface area (Å²) in [6.45, 7) is 4.12. The lowest BCUT2D eigenvalue weighted by molar-refractivity contribution is -0.117. The topological polar surface area (TPSA) is 33.2 Å². The van der Waals surface area contributed by atoms with Crippen LogP contribution in [0.4, 0.5) is 5.13 Å². The maximum atomic E-state index is 12.1. The Morgan fingerprint density at radius 1 is 1.71 bits per heavy atom. The molecule has 0 aromatic carbocycles. The molecule has 0 saturated heterocycles. The highest BCUT2D eigenvalue weighted by Gasteiger charge is 2.20. The number of aromatic nitrogens is 1. The fraction of sp³-hybridized carbons (Fsp3) is 0.636. The Hall–Kier alpha value is -0.0700. The van der Waals surface area contributed by atoms with Gasteiger partial charge in [0.2, 0.25) is 5.91 Å². The molecule has 0 N–H and O–H groups in total. The molecule has 1 rings (SSSR count). The first-order valence-corrected chi connectivity index (χ1v) is 8.22. The third-order valence-corrected chi connectivity index (χ3v) is 5.07. The summed E-state index contributed by atoms with van der Waals surface area (Å²) in [4.78, 5) is 17.9. The lowest BCUT2D eigenvalue weighted by Gasteiger charge is -2.18. The normalized spacial score (nSPS) is 12.5. The molecule has 0 fully saturated rings. The summed E-state index contributed by atoms with van der Waals surface area (Å²) >= 11 is 6.53. The van der Waals surface area contributed by atoms with E-state index >= 15 is 0 Å². The number of carbonyl (C=O) groups excluding carboxylic acids is 1. The first-order valence-electron chi connectivity index (χ1n) is 5.56. The summed E-state index contributed by atoms with van der Waals surface area (Å²) in [6, 6.07) is 0. The molecular formula is C11H17BrN2OS2. The molecular weight excluding hydrogens is 320 g/mol. The zero-order chi connectivity index (χ0) is 12.8. The number of hydrogen-bond acceptors (Lipinski definition) is 4. The van der Waals surface area contributed by atoms with Crippen LogP contribution in [0.2, 0.25) is 0 Å². The zero-order valence-corrected chi connectivity index (χ0v) is 13.5. The standard InChI is InChI=1S/C11H17BrN2OS2/c1-4-5-6-16-8(2)10(15)14(3)11-13-7-9(12)17-11/h7-8H,4-6H2,1-3H3.